The number of hydrogen-bond donors (Lipinski definition) is 1. The molecule has 0 spiro atoms. The molecule has 70 valence electrons. The van der Waals surface area contributed by atoms with Crippen LogP contribution in [-0.2, 0) is 11.5 Å². The number of aromatic amines is 1. The Kier molecular flexibility index (Phi) is 1.59. The van der Waals surface area contributed by atoms with Crippen molar-refractivity contribution in [3.8, 4) is 0 Å². The fraction of sp³-hybridized carbons (Fsp3) is 0.667. The highest BCUT2D eigenvalue weighted by Gasteiger charge is 2.26. The molecule has 0 amide bonds. The van der Waals surface area contributed by atoms with Crippen LogP contribution < -0.4 is 5.56 Å². The average Bonchev–Trinajstić information content (AvgIpc) is 2.54. The molecule has 2 heterocycles. The summed E-state index contributed by atoms with van der Waals surface area (Å²) in [5.74, 6) is 1.90. The van der Waals surface area contributed by atoms with E-state index in [9.17, 15) is 4.79 Å². The molecule has 0 unspecified atom stereocenters. The van der Waals surface area contributed by atoms with Gasteiger partial charge in [0.2, 0.25) is 0 Å². The van der Waals surface area contributed by atoms with E-state index < -0.39 is 0 Å². The van der Waals surface area contributed by atoms with E-state index >= 15 is 0 Å². The van der Waals surface area contributed by atoms with Gasteiger partial charge in [-0.3, -0.25) is 9.89 Å². The van der Waals surface area contributed by atoms with E-state index in [1.165, 1.54) is 25.0 Å². The first kappa shape index (κ1) is 7.74. The lowest BCUT2D eigenvalue weighted by atomic mass is 9.93. The number of fused-ring (bicyclic) bond motifs is 1. The molecular weight excluding hydrogens is 184 g/mol. The summed E-state index contributed by atoms with van der Waals surface area (Å²) < 4.78 is 1.86. The van der Waals surface area contributed by atoms with Gasteiger partial charge in [0.25, 0.3) is 5.56 Å². The van der Waals surface area contributed by atoms with E-state index in [-0.39, 0.29) is 5.56 Å². The maximum Gasteiger partial charge on any atom is 0.271 e. The van der Waals surface area contributed by atoms with E-state index in [0.717, 1.165) is 17.1 Å². The van der Waals surface area contributed by atoms with E-state index in [1.807, 2.05) is 16.4 Å². The van der Waals surface area contributed by atoms with Gasteiger partial charge in [-0.15, -0.1) is 0 Å². The second-order valence-electron chi connectivity index (χ2n) is 3.82. The normalized spacial score (nSPS) is 21.5. The maximum atomic E-state index is 11.8. The summed E-state index contributed by atoms with van der Waals surface area (Å²) >= 11 is 1.83. The van der Waals surface area contributed by atoms with Crippen molar-refractivity contribution in [2.75, 3.05) is 0 Å². The first-order chi connectivity index (χ1) is 6.36. The Morgan fingerprint density at radius 3 is 2.85 bits per heavy atom. The minimum atomic E-state index is 0.240. The zero-order chi connectivity index (χ0) is 8.84. The van der Waals surface area contributed by atoms with Crippen molar-refractivity contribution < 1.29 is 0 Å². The van der Waals surface area contributed by atoms with Crippen LogP contribution in [0.2, 0.25) is 0 Å². The molecule has 1 fully saturated rings. The summed E-state index contributed by atoms with van der Waals surface area (Å²) in [6, 6.07) is 0.475. The fourth-order valence-corrected chi connectivity index (χ4v) is 3.01. The molecular formula is C9H12N2OS. The maximum absolute atomic E-state index is 11.8. The molecule has 4 heteroatoms. The van der Waals surface area contributed by atoms with Gasteiger partial charge in [-0.2, -0.15) is 11.8 Å². The lowest BCUT2D eigenvalue weighted by Crippen LogP contribution is -2.28. The smallest absolute Gasteiger partial charge is 0.271 e. The van der Waals surface area contributed by atoms with Crippen LogP contribution in [0.4, 0.5) is 0 Å². The molecule has 1 aromatic rings. The largest absolute Gasteiger partial charge is 0.298 e. The van der Waals surface area contributed by atoms with Gasteiger partial charge in [0.15, 0.2) is 0 Å². The lowest BCUT2D eigenvalue weighted by Gasteiger charge is -2.25. The predicted octanol–water partition coefficient (Wildman–Crippen LogP) is 1.65. The summed E-state index contributed by atoms with van der Waals surface area (Å²) in [7, 11) is 0. The Morgan fingerprint density at radius 2 is 2.23 bits per heavy atom. The highest BCUT2D eigenvalue weighted by Crippen LogP contribution is 2.32. The summed E-state index contributed by atoms with van der Waals surface area (Å²) in [4.78, 5) is 11.8. The van der Waals surface area contributed by atoms with Crippen molar-refractivity contribution in [2.24, 2.45) is 0 Å². The number of thioether (sulfide) groups is 1. The van der Waals surface area contributed by atoms with Crippen molar-refractivity contribution in [3.63, 3.8) is 0 Å². The van der Waals surface area contributed by atoms with Gasteiger partial charge in [-0.05, 0) is 19.3 Å². The van der Waals surface area contributed by atoms with E-state index in [0.29, 0.717) is 6.04 Å². The highest BCUT2D eigenvalue weighted by atomic mass is 32.2. The van der Waals surface area contributed by atoms with Crippen molar-refractivity contribution in [2.45, 2.75) is 36.8 Å². The molecule has 2 aliphatic rings. The monoisotopic (exact) mass is 196 g/mol. The molecule has 1 saturated carbocycles. The number of hydrogen-bond acceptors (Lipinski definition) is 2. The van der Waals surface area contributed by atoms with Gasteiger partial charge in [0.1, 0.15) is 0 Å². The second-order valence-corrected chi connectivity index (χ2v) is 4.81. The number of nitrogens with one attached hydrogen (secondary N) is 1. The van der Waals surface area contributed by atoms with Crippen LogP contribution in [0, 0.1) is 0 Å². The lowest BCUT2D eigenvalue weighted by molar-refractivity contribution is 0.282. The van der Waals surface area contributed by atoms with Gasteiger partial charge in [-0.1, -0.05) is 0 Å². The summed E-state index contributed by atoms with van der Waals surface area (Å²) in [5, 5.41) is 3.25. The van der Waals surface area contributed by atoms with Crippen LogP contribution in [0.25, 0.3) is 0 Å². The molecule has 0 bridgehead atoms. The van der Waals surface area contributed by atoms with E-state index in [1.54, 1.807) is 0 Å². The van der Waals surface area contributed by atoms with Gasteiger partial charge in [0, 0.05) is 11.5 Å². The van der Waals surface area contributed by atoms with Crippen LogP contribution in [0.1, 0.15) is 36.6 Å². The number of rotatable bonds is 1. The van der Waals surface area contributed by atoms with Gasteiger partial charge in [0.05, 0.1) is 17.3 Å². The van der Waals surface area contributed by atoms with Gasteiger partial charge in [-0.25, -0.2) is 4.68 Å². The minimum Gasteiger partial charge on any atom is -0.298 e. The first-order valence-electron chi connectivity index (χ1n) is 4.76. The van der Waals surface area contributed by atoms with Crippen molar-refractivity contribution >= 4 is 11.8 Å². The van der Waals surface area contributed by atoms with Crippen molar-refractivity contribution in [1.29, 1.82) is 0 Å². The van der Waals surface area contributed by atoms with Gasteiger partial charge < -0.3 is 0 Å². The third kappa shape index (κ3) is 1.01. The zero-order valence-electron chi connectivity index (χ0n) is 7.38. The number of H-pyrrole nitrogens is 1. The third-order valence-electron chi connectivity index (χ3n) is 3.03. The Balaban J connectivity index is 2.07. The Morgan fingerprint density at radius 1 is 1.38 bits per heavy atom. The van der Waals surface area contributed by atoms with Crippen molar-refractivity contribution in [1.82, 2.24) is 9.78 Å². The molecule has 3 rings (SSSR count). The number of aromatic nitrogens is 2. The molecule has 0 aromatic carbocycles. The molecule has 0 saturated heterocycles. The standard InChI is InChI=1S/C9H12N2OS/c12-9-7-4-13-5-8(7)10-11(9)6-2-1-3-6/h6,10H,1-5H2. The minimum absolute atomic E-state index is 0.240. The van der Waals surface area contributed by atoms with Crippen LogP contribution in [0.15, 0.2) is 4.79 Å². The first-order valence-corrected chi connectivity index (χ1v) is 5.92. The fourth-order valence-electron chi connectivity index (χ4n) is 1.96. The molecule has 1 aliphatic carbocycles. The van der Waals surface area contributed by atoms with Gasteiger partial charge >= 0.3 is 0 Å². The van der Waals surface area contributed by atoms with Crippen molar-refractivity contribution in [3.05, 3.63) is 21.6 Å². The SMILES string of the molecule is O=c1c2c([nH]n1C1CCC1)CSC2. The Labute approximate surface area is 80.5 Å². The van der Waals surface area contributed by atoms with Crippen LogP contribution in [-0.4, -0.2) is 9.78 Å². The zero-order valence-corrected chi connectivity index (χ0v) is 8.19. The van der Waals surface area contributed by atoms with Crippen LogP contribution in [0.5, 0.6) is 0 Å². The summed E-state index contributed by atoms with van der Waals surface area (Å²) in [6.07, 6.45) is 3.62. The topological polar surface area (TPSA) is 37.8 Å². The van der Waals surface area contributed by atoms with Crippen LogP contribution in [0.3, 0.4) is 0 Å². The highest BCUT2D eigenvalue weighted by molar-refractivity contribution is 7.98. The second kappa shape index (κ2) is 2.67. The average molecular weight is 196 g/mol. The van der Waals surface area contributed by atoms with Crippen LogP contribution >= 0.6 is 11.8 Å². The Bertz CT molecular complexity index is 389. The predicted molar refractivity (Wildman–Crippen MR) is 52.9 cm³/mol. The molecule has 1 N–H and O–H groups in total. The molecule has 1 aliphatic heterocycles. The quantitative estimate of drug-likeness (QED) is 0.741. The molecule has 3 nitrogen and oxygen atoms in total. The summed E-state index contributed by atoms with van der Waals surface area (Å²) in [5.41, 5.74) is 2.43. The van der Waals surface area contributed by atoms with E-state index in [4.69, 9.17) is 0 Å². The molecule has 0 atom stereocenters. The molecule has 0 radical (unpaired) electrons. The Hall–Kier alpha value is -0.640. The van der Waals surface area contributed by atoms with E-state index in [2.05, 4.69) is 5.10 Å². The molecule has 1 aromatic heterocycles. The summed E-state index contributed by atoms with van der Waals surface area (Å²) in [6.45, 7) is 0. The molecule has 13 heavy (non-hydrogen) atoms. The third-order valence-corrected chi connectivity index (χ3v) is 4.01. The number of nitrogens with zero attached hydrogens (tertiary/aromatic N) is 1.